The SMILES string of the molecule is CNCC1CCN(C(=O)c2cc(C)n(C3CCCCC3)c2C)CC1. The van der Waals surface area contributed by atoms with Crippen LogP contribution in [0.1, 0.15) is 72.7 Å². The Labute approximate surface area is 146 Å². The van der Waals surface area contributed by atoms with E-state index in [1.807, 2.05) is 7.05 Å². The number of hydrogen-bond acceptors (Lipinski definition) is 2. The number of likely N-dealkylation sites (tertiary alicyclic amines) is 1. The summed E-state index contributed by atoms with van der Waals surface area (Å²) in [5.41, 5.74) is 3.37. The average Bonchev–Trinajstić information content (AvgIpc) is 2.90. The first kappa shape index (κ1) is 17.5. The van der Waals surface area contributed by atoms with Gasteiger partial charge in [0, 0.05) is 30.5 Å². The molecule has 1 aromatic rings. The number of carbonyl (C=O) groups is 1. The Bertz CT molecular complexity index is 564. The predicted octanol–water partition coefficient (Wildman–Crippen LogP) is 3.68. The molecule has 0 spiro atoms. The van der Waals surface area contributed by atoms with Gasteiger partial charge in [0.1, 0.15) is 0 Å². The molecule has 1 amide bonds. The minimum Gasteiger partial charge on any atom is -0.345 e. The highest BCUT2D eigenvalue weighted by Crippen LogP contribution is 2.32. The molecule has 0 bridgehead atoms. The number of hydrogen-bond donors (Lipinski definition) is 1. The highest BCUT2D eigenvalue weighted by Gasteiger charge is 2.27. The van der Waals surface area contributed by atoms with E-state index in [1.54, 1.807) is 0 Å². The fourth-order valence-corrected chi connectivity index (χ4v) is 4.69. The van der Waals surface area contributed by atoms with E-state index < -0.39 is 0 Å². The molecule has 0 atom stereocenters. The Morgan fingerprint density at radius 1 is 1.12 bits per heavy atom. The van der Waals surface area contributed by atoms with E-state index >= 15 is 0 Å². The fraction of sp³-hybridized carbons (Fsp3) is 0.750. The third-order valence-electron chi connectivity index (χ3n) is 6.05. The van der Waals surface area contributed by atoms with Crippen LogP contribution in [0.3, 0.4) is 0 Å². The molecule has 1 saturated carbocycles. The summed E-state index contributed by atoms with van der Waals surface area (Å²) in [7, 11) is 2.01. The van der Waals surface area contributed by atoms with Crippen molar-refractivity contribution >= 4 is 5.91 Å². The van der Waals surface area contributed by atoms with Crippen LogP contribution in [0.5, 0.6) is 0 Å². The normalized spacial score (nSPS) is 20.5. The number of piperidine rings is 1. The summed E-state index contributed by atoms with van der Waals surface area (Å²) in [6.45, 7) is 7.18. The smallest absolute Gasteiger partial charge is 0.255 e. The molecule has 0 aromatic carbocycles. The average molecular weight is 332 g/mol. The Hall–Kier alpha value is -1.29. The summed E-state index contributed by atoms with van der Waals surface area (Å²) in [5.74, 6) is 0.960. The molecule has 134 valence electrons. The van der Waals surface area contributed by atoms with E-state index in [1.165, 1.54) is 43.5 Å². The van der Waals surface area contributed by atoms with E-state index in [9.17, 15) is 4.79 Å². The van der Waals surface area contributed by atoms with Gasteiger partial charge in [0.05, 0.1) is 5.56 Å². The third-order valence-corrected chi connectivity index (χ3v) is 6.05. The van der Waals surface area contributed by atoms with Crippen molar-refractivity contribution < 1.29 is 4.79 Å². The van der Waals surface area contributed by atoms with Crippen molar-refractivity contribution in [1.29, 1.82) is 0 Å². The second-order valence-electron chi connectivity index (χ2n) is 7.74. The molecule has 4 nitrogen and oxygen atoms in total. The zero-order valence-corrected chi connectivity index (χ0v) is 15.6. The maximum Gasteiger partial charge on any atom is 0.255 e. The van der Waals surface area contributed by atoms with Gasteiger partial charge in [0.2, 0.25) is 0 Å². The first-order valence-corrected chi connectivity index (χ1v) is 9.74. The zero-order chi connectivity index (χ0) is 17.1. The maximum atomic E-state index is 13.0. The van der Waals surface area contributed by atoms with Crippen LogP contribution in [0.15, 0.2) is 6.07 Å². The molecule has 1 saturated heterocycles. The second-order valence-corrected chi connectivity index (χ2v) is 7.74. The standard InChI is InChI=1S/C20H33N3O/c1-15-13-19(16(2)23(15)18-7-5-4-6-8-18)20(24)22-11-9-17(10-12-22)14-21-3/h13,17-18,21H,4-12,14H2,1-3H3. The number of nitrogens with zero attached hydrogens (tertiary/aromatic N) is 2. The molecule has 1 aliphatic carbocycles. The van der Waals surface area contributed by atoms with Crippen LogP contribution in [0.25, 0.3) is 0 Å². The van der Waals surface area contributed by atoms with Gasteiger partial charge in [-0.15, -0.1) is 0 Å². The van der Waals surface area contributed by atoms with Gasteiger partial charge in [0.15, 0.2) is 0 Å². The van der Waals surface area contributed by atoms with Crippen LogP contribution in [-0.4, -0.2) is 42.1 Å². The summed E-state index contributed by atoms with van der Waals surface area (Å²) < 4.78 is 2.44. The lowest BCUT2D eigenvalue weighted by atomic mass is 9.95. The quantitative estimate of drug-likeness (QED) is 0.914. The first-order valence-electron chi connectivity index (χ1n) is 9.74. The van der Waals surface area contributed by atoms with Crippen molar-refractivity contribution in [3.63, 3.8) is 0 Å². The Morgan fingerprint density at radius 3 is 2.42 bits per heavy atom. The Morgan fingerprint density at radius 2 is 1.79 bits per heavy atom. The van der Waals surface area contributed by atoms with E-state index in [0.717, 1.165) is 38.0 Å². The Balaban J connectivity index is 1.72. The fourth-order valence-electron chi connectivity index (χ4n) is 4.69. The van der Waals surface area contributed by atoms with Crippen LogP contribution in [0, 0.1) is 19.8 Å². The molecule has 1 aliphatic heterocycles. The van der Waals surface area contributed by atoms with Crippen LogP contribution in [0.2, 0.25) is 0 Å². The van der Waals surface area contributed by atoms with Gasteiger partial charge in [-0.25, -0.2) is 0 Å². The van der Waals surface area contributed by atoms with Crippen molar-refractivity contribution in [2.75, 3.05) is 26.7 Å². The van der Waals surface area contributed by atoms with Gasteiger partial charge < -0.3 is 14.8 Å². The third kappa shape index (κ3) is 3.53. The highest BCUT2D eigenvalue weighted by atomic mass is 16.2. The molecule has 2 fully saturated rings. The first-order chi connectivity index (χ1) is 11.6. The lowest BCUT2D eigenvalue weighted by Crippen LogP contribution is -2.40. The zero-order valence-electron chi connectivity index (χ0n) is 15.6. The van der Waals surface area contributed by atoms with Crippen molar-refractivity contribution in [2.24, 2.45) is 5.92 Å². The number of carbonyl (C=O) groups excluding carboxylic acids is 1. The number of amides is 1. The van der Waals surface area contributed by atoms with Crippen LogP contribution in [0.4, 0.5) is 0 Å². The van der Waals surface area contributed by atoms with Gasteiger partial charge >= 0.3 is 0 Å². The summed E-state index contributed by atoms with van der Waals surface area (Å²) in [6, 6.07) is 2.73. The number of rotatable bonds is 4. The van der Waals surface area contributed by atoms with Gasteiger partial charge in [-0.2, -0.15) is 0 Å². The van der Waals surface area contributed by atoms with Crippen molar-refractivity contribution in [3.8, 4) is 0 Å². The molecule has 2 heterocycles. The van der Waals surface area contributed by atoms with E-state index in [2.05, 4.69) is 34.7 Å². The monoisotopic (exact) mass is 331 g/mol. The number of nitrogens with one attached hydrogen (secondary N) is 1. The van der Waals surface area contributed by atoms with Gasteiger partial charge in [-0.3, -0.25) is 4.79 Å². The topological polar surface area (TPSA) is 37.3 Å². The largest absolute Gasteiger partial charge is 0.345 e. The molecule has 1 aromatic heterocycles. The van der Waals surface area contributed by atoms with E-state index in [-0.39, 0.29) is 5.91 Å². The molecule has 1 N–H and O–H groups in total. The van der Waals surface area contributed by atoms with Crippen molar-refractivity contribution in [2.45, 2.75) is 64.8 Å². The van der Waals surface area contributed by atoms with Gasteiger partial charge in [-0.1, -0.05) is 19.3 Å². The van der Waals surface area contributed by atoms with Crippen molar-refractivity contribution in [3.05, 3.63) is 23.0 Å². The molecule has 24 heavy (non-hydrogen) atoms. The van der Waals surface area contributed by atoms with E-state index in [0.29, 0.717) is 12.0 Å². The lowest BCUT2D eigenvalue weighted by Gasteiger charge is -2.32. The Kier molecular flexibility index (Phi) is 5.65. The van der Waals surface area contributed by atoms with Crippen LogP contribution < -0.4 is 5.32 Å². The van der Waals surface area contributed by atoms with E-state index in [4.69, 9.17) is 0 Å². The minimum absolute atomic E-state index is 0.244. The van der Waals surface area contributed by atoms with Crippen LogP contribution >= 0.6 is 0 Å². The summed E-state index contributed by atoms with van der Waals surface area (Å²) >= 11 is 0. The number of aromatic nitrogens is 1. The van der Waals surface area contributed by atoms with Crippen molar-refractivity contribution in [1.82, 2.24) is 14.8 Å². The molecular formula is C20H33N3O. The summed E-state index contributed by atoms with van der Waals surface area (Å²) in [5, 5.41) is 3.26. The molecule has 0 radical (unpaired) electrons. The lowest BCUT2D eigenvalue weighted by molar-refractivity contribution is 0.0690. The predicted molar refractivity (Wildman–Crippen MR) is 98.6 cm³/mol. The van der Waals surface area contributed by atoms with Gasteiger partial charge in [0.25, 0.3) is 5.91 Å². The molecular weight excluding hydrogens is 298 g/mol. The van der Waals surface area contributed by atoms with Crippen LogP contribution in [-0.2, 0) is 0 Å². The highest BCUT2D eigenvalue weighted by molar-refractivity contribution is 5.95. The molecule has 0 unspecified atom stereocenters. The van der Waals surface area contributed by atoms with Gasteiger partial charge in [-0.05, 0) is 65.1 Å². The maximum absolute atomic E-state index is 13.0. The molecule has 3 rings (SSSR count). The molecule has 4 heteroatoms. The number of aryl methyl sites for hydroxylation is 1. The molecule has 2 aliphatic rings. The summed E-state index contributed by atoms with van der Waals surface area (Å²) in [6.07, 6.45) is 8.78. The summed E-state index contributed by atoms with van der Waals surface area (Å²) in [4.78, 5) is 15.1. The second kappa shape index (κ2) is 7.73. The minimum atomic E-state index is 0.244.